The first-order valence-corrected chi connectivity index (χ1v) is 6.71. The van der Waals surface area contributed by atoms with Gasteiger partial charge in [-0.05, 0) is 11.6 Å². The lowest BCUT2D eigenvalue weighted by atomic mass is 10.1. The lowest BCUT2D eigenvalue weighted by molar-refractivity contribution is 0.00406. The standard InChI is InChI=1S/C12H17Cl2N3O/c13-10-3-1-2-9(12(10)14)11(8-15)16-17-4-6-18-7-5-17/h1-3,11,16H,4-8,15H2. The van der Waals surface area contributed by atoms with Crippen molar-refractivity contribution in [3.8, 4) is 0 Å². The molecular formula is C12H17Cl2N3O. The van der Waals surface area contributed by atoms with Gasteiger partial charge in [-0.3, -0.25) is 0 Å². The Bertz CT molecular complexity index is 397. The van der Waals surface area contributed by atoms with Crippen LogP contribution < -0.4 is 11.2 Å². The van der Waals surface area contributed by atoms with Crippen LogP contribution in [-0.2, 0) is 4.74 Å². The summed E-state index contributed by atoms with van der Waals surface area (Å²) in [6.45, 7) is 3.60. The van der Waals surface area contributed by atoms with E-state index in [4.69, 9.17) is 33.7 Å². The van der Waals surface area contributed by atoms with Gasteiger partial charge in [0.2, 0.25) is 0 Å². The molecule has 2 rings (SSSR count). The second-order valence-corrected chi connectivity index (χ2v) is 4.95. The summed E-state index contributed by atoms with van der Waals surface area (Å²) >= 11 is 12.2. The fourth-order valence-electron chi connectivity index (χ4n) is 1.95. The van der Waals surface area contributed by atoms with Crippen molar-refractivity contribution < 1.29 is 4.74 Å². The number of nitrogens with zero attached hydrogens (tertiary/aromatic N) is 1. The Morgan fingerprint density at radius 2 is 2.06 bits per heavy atom. The predicted octanol–water partition coefficient (Wildman–Crippen LogP) is 1.83. The summed E-state index contributed by atoms with van der Waals surface area (Å²) in [7, 11) is 0. The molecule has 0 amide bonds. The molecule has 1 saturated heterocycles. The van der Waals surface area contributed by atoms with Crippen molar-refractivity contribution in [1.29, 1.82) is 0 Å². The van der Waals surface area contributed by atoms with Crippen LogP contribution in [0.2, 0.25) is 10.0 Å². The van der Waals surface area contributed by atoms with Gasteiger partial charge in [0.25, 0.3) is 0 Å². The van der Waals surface area contributed by atoms with Crippen molar-refractivity contribution in [2.24, 2.45) is 5.73 Å². The first kappa shape index (κ1) is 14.1. The molecule has 1 aliphatic heterocycles. The van der Waals surface area contributed by atoms with Crippen LogP contribution in [0.1, 0.15) is 11.6 Å². The van der Waals surface area contributed by atoms with E-state index in [2.05, 4.69) is 10.4 Å². The van der Waals surface area contributed by atoms with Gasteiger partial charge in [0.15, 0.2) is 0 Å². The number of hydrazine groups is 1. The van der Waals surface area contributed by atoms with Crippen LogP contribution in [0.25, 0.3) is 0 Å². The Kier molecular flexibility index (Phi) is 5.24. The third-order valence-electron chi connectivity index (χ3n) is 2.94. The molecule has 1 heterocycles. The van der Waals surface area contributed by atoms with E-state index in [1.165, 1.54) is 0 Å². The fraction of sp³-hybridized carbons (Fsp3) is 0.500. The van der Waals surface area contributed by atoms with Crippen LogP contribution in [0.15, 0.2) is 18.2 Å². The monoisotopic (exact) mass is 289 g/mol. The molecule has 0 bridgehead atoms. The summed E-state index contributed by atoms with van der Waals surface area (Å²) in [5, 5.41) is 3.23. The third kappa shape index (κ3) is 3.35. The molecule has 0 radical (unpaired) electrons. The summed E-state index contributed by atoms with van der Waals surface area (Å²) in [4.78, 5) is 0. The second-order valence-electron chi connectivity index (χ2n) is 4.16. The molecule has 1 aliphatic rings. The van der Waals surface area contributed by atoms with Crippen molar-refractivity contribution in [2.75, 3.05) is 32.8 Å². The van der Waals surface area contributed by atoms with Crippen LogP contribution >= 0.6 is 23.2 Å². The van der Waals surface area contributed by atoms with Crippen LogP contribution in [-0.4, -0.2) is 37.9 Å². The second kappa shape index (κ2) is 6.70. The number of benzene rings is 1. The zero-order chi connectivity index (χ0) is 13.0. The Hall–Kier alpha value is -0.360. The van der Waals surface area contributed by atoms with Gasteiger partial charge in [0, 0.05) is 19.6 Å². The molecule has 1 fully saturated rings. The quantitative estimate of drug-likeness (QED) is 0.888. The molecular weight excluding hydrogens is 273 g/mol. The van der Waals surface area contributed by atoms with Gasteiger partial charge in [-0.2, -0.15) is 0 Å². The normalized spacial score (nSPS) is 18.8. The molecule has 3 N–H and O–H groups in total. The van der Waals surface area contributed by atoms with E-state index in [-0.39, 0.29) is 6.04 Å². The van der Waals surface area contributed by atoms with E-state index < -0.39 is 0 Å². The number of nitrogens with two attached hydrogens (primary N) is 1. The van der Waals surface area contributed by atoms with E-state index in [9.17, 15) is 0 Å². The molecule has 1 aromatic carbocycles. The molecule has 0 saturated carbocycles. The van der Waals surface area contributed by atoms with Crippen molar-refractivity contribution >= 4 is 23.2 Å². The molecule has 100 valence electrons. The zero-order valence-electron chi connectivity index (χ0n) is 10.0. The zero-order valence-corrected chi connectivity index (χ0v) is 11.5. The van der Waals surface area contributed by atoms with Crippen molar-refractivity contribution in [3.05, 3.63) is 33.8 Å². The highest BCUT2D eigenvalue weighted by Crippen LogP contribution is 2.29. The predicted molar refractivity (Wildman–Crippen MR) is 73.8 cm³/mol. The van der Waals surface area contributed by atoms with Gasteiger partial charge in [0.1, 0.15) is 0 Å². The first-order valence-electron chi connectivity index (χ1n) is 5.95. The summed E-state index contributed by atoms with van der Waals surface area (Å²) in [6.07, 6.45) is 0. The molecule has 4 nitrogen and oxygen atoms in total. The number of hydrogen-bond donors (Lipinski definition) is 2. The maximum absolute atomic E-state index is 6.21. The summed E-state index contributed by atoms with van der Waals surface area (Å²) in [5.41, 5.74) is 10.1. The maximum Gasteiger partial charge on any atom is 0.0641 e. The van der Waals surface area contributed by atoms with Crippen LogP contribution in [0.5, 0.6) is 0 Å². The van der Waals surface area contributed by atoms with Gasteiger partial charge in [-0.25, -0.2) is 10.4 Å². The largest absolute Gasteiger partial charge is 0.379 e. The summed E-state index contributed by atoms with van der Waals surface area (Å²) in [5.74, 6) is 0. The molecule has 0 spiro atoms. The Labute approximate surface area is 117 Å². The lowest BCUT2D eigenvalue weighted by Crippen LogP contribution is -2.48. The van der Waals surface area contributed by atoms with Gasteiger partial charge in [0.05, 0.1) is 29.3 Å². The Morgan fingerprint density at radius 3 is 2.72 bits per heavy atom. The van der Waals surface area contributed by atoms with Gasteiger partial charge < -0.3 is 10.5 Å². The van der Waals surface area contributed by atoms with Crippen LogP contribution in [0, 0.1) is 0 Å². The number of morpholine rings is 1. The van der Waals surface area contributed by atoms with Crippen molar-refractivity contribution in [3.63, 3.8) is 0 Å². The van der Waals surface area contributed by atoms with Crippen LogP contribution in [0.4, 0.5) is 0 Å². The third-order valence-corrected chi connectivity index (χ3v) is 3.78. The smallest absolute Gasteiger partial charge is 0.0641 e. The van der Waals surface area contributed by atoms with E-state index in [1.54, 1.807) is 6.07 Å². The van der Waals surface area contributed by atoms with E-state index in [0.717, 1.165) is 31.9 Å². The van der Waals surface area contributed by atoms with Gasteiger partial charge in [-0.1, -0.05) is 35.3 Å². The minimum absolute atomic E-state index is 0.0331. The highest BCUT2D eigenvalue weighted by Gasteiger charge is 2.19. The number of rotatable bonds is 4. The number of hydrogen-bond acceptors (Lipinski definition) is 4. The summed E-state index contributed by atoms with van der Waals surface area (Å²) in [6, 6.07) is 5.57. The Balaban J connectivity index is 2.09. The molecule has 0 aliphatic carbocycles. The topological polar surface area (TPSA) is 50.5 Å². The fourth-order valence-corrected chi connectivity index (χ4v) is 2.39. The van der Waals surface area contributed by atoms with Gasteiger partial charge >= 0.3 is 0 Å². The summed E-state index contributed by atoms with van der Waals surface area (Å²) < 4.78 is 5.30. The number of halogens is 2. The van der Waals surface area contributed by atoms with E-state index in [1.807, 2.05) is 12.1 Å². The highest BCUT2D eigenvalue weighted by atomic mass is 35.5. The van der Waals surface area contributed by atoms with Crippen molar-refractivity contribution in [2.45, 2.75) is 6.04 Å². The maximum atomic E-state index is 6.21. The number of ether oxygens (including phenoxy) is 1. The average Bonchev–Trinajstić information content (AvgIpc) is 2.41. The molecule has 1 aromatic rings. The van der Waals surface area contributed by atoms with E-state index in [0.29, 0.717) is 16.6 Å². The minimum Gasteiger partial charge on any atom is -0.379 e. The molecule has 1 atom stereocenters. The highest BCUT2D eigenvalue weighted by molar-refractivity contribution is 6.42. The molecule has 0 aromatic heterocycles. The number of nitrogens with one attached hydrogen (secondary N) is 1. The Morgan fingerprint density at radius 1 is 1.33 bits per heavy atom. The SMILES string of the molecule is NCC(NN1CCOCC1)c1cccc(Cl)c1Cl. The first-order chi connectivity index (χ1) is 8.72. The van der Waals surface area contributed by atoms with Crippen LogP contribution in [0.3, 0.4) is 0 Å². The lowest BCUT2D eigenvalue weighted by Gasteiger charge is -2.31. The minimum atomic E-state index is -0.0331. The molecule has 1 unspecified atom stereocenters. The van der Waals surface area contributed by atoms with E-state index >= 15 is 0 Å². The molecule has 6 heteroatoms. The van der Waals surface area contributed by atoms with Gasteiger partial charge in [-0.15, -0.1) is 0 Å². The molecule has 18 heavy (non-hydrogen) atoms. The van der Waals surface area contributed by atoms with Crippen molar-refractivity contribution in [1.82, 2.24) is 10.4 Å². The average molecular weight is 290 g/mol.